The number of rotatable bonds is 4. The molecule has 0 saturated carbocycles. The van der Waals surface area contributed by atoms with Crippen molar-refractivity contribution in [2.75, 3.05) is 16.8 Å². The molecule has 2 amide bonds. The molecule has 2 aromatic carbocycles. The number of aryl methyl sites for hydroxylation is 1. The normalized spacial score (nSPS) is 19.7. The van der Waals surface area contributed by atoms with Gasteiger partial charge >= 0.3 is 0 Å². The summed E-state index contributed by atoms with van der Waals surface area (Å²) < 4.78 is 1.79. The Balaban J connectivity index is 1.64. The fraction of sp³-hybridized carbons (Fsp3) is 0.320. The van der Waals surface area contributed by atoms with Crippen molar-refractivity contribution in [3.63, 3.8) is 0 Å². The molecule has 6 nitrogen and oxygen atoms in total. The Labute approximate surface area is 181 Å². The second kappa shape index (κ2) is 7.08. The van der Waals surface area contributed by atoms with E-state index in [0.29, 0.717) is 24.8 Å². The Morgan fingerprint density at radius 3 is 2.55 bits per heavy atom. The molecule has 0 bridgehead atoms. The minimum Gasteiger partial charge on any atom is -0.311 e. The van der Waals surface area contributed by atoms with Crippen LogP contribution in [-0.4, -0.2) is 28.1 Å². The lowest BCUT2D eigenvalue weighted by atomic mass is 9.72. The Kier molecular flexibility index (Phi) is 4.46. The van der Waals surface area contributed by atoms with Crippen LogP contribution in [0, 0.1) is 12.8 Å². The average Bonchev–Trinajstić information content (AvgIpc) is 3.23. The van der Waals surface area contributed by atoms with Crippen LogP contribution in [0.15, 0.2) is 54.7 Å². The number of nitrogens with one attached hydrogen (secondary N) is 1. The highest BCUT2D eigenvalue weighted by molar-refractivity contribution is 6.15. The maximum absolute atomic E-state index is 13.9. The zero-order valence-electron chi connectivity index (χ0n) is 18.1. The summed E-state index contributed by atoms with van der Waals surface area (Å²) in [7, 11) is 0. The quantitative estimate of drug-likeness (QED) is 0.705. The third-order valence-electron chi connectivity index (χ3n) is 6.25. The molecular formula is C25H26N4O2. The third-order valence-corrected chi connectivity index (χ3v) is 6.25. The molecule has 5 rings (SSSR count). The Morgan fingerprint density at radius 2 is 1.81 bits per heavy atom. The lowest BCUT2D eigenvalue weighted by molar-refractivity contribution is -0.126. The second-order valence-corrected chi connectivity index (χ2v) is 9.01. The highest BCUT2D eigenvalue weighted by Crippen LogP contribution is 2.52. The van der Waals surface area contributed by atoms with Gasteiger partial charge in [0.05, 0.1) is 12.7 Å². The van der Waals surface area contributed by atoms with Gasteiger partial charge in [-0.15, -0.1) is 0 Å². The Hall–Kier alpha value is -3.41. The minimum absolute atomic E-state index is 0.0339. The molecule has 158 valence electrons. The maximum atomic E-state index is 13.9. The smallest absolute Gasteiger partial charge is 0.242 e. The molecule has 2 aliphatic heterocycles. The van der Waals surface area contributed by atoms with Gasteiger partial charge in [0, 0.05) is 24.2 Å². The summed E-state index contributed by atoms with van der Waals surface area (Å²) in [6.07, 6.45) is 1.86. The average molecular weight is 415 g/mol. The second-order valence-electron chi connectivity index (χ2n) is 9.01. The molecule has 1 N–H and O–H groups in total. The van der Waals surface area contributed by atoms with Gasteiger partial charge in [-0.1, -0.05) is 61.9 Å². The lowest BCUT2D eigenvalue weighted by Crippen LogP contribution is -2.47. The number of para-hydroxylation sites is 1. The molecule has 0 radical (unpaired) electrons. The number of carbonyl (C=O) groups is 2. The van der Waals surface area contributed by atoms with Crippen LogP contribution in [0.1, 0.15) is 42.5 Å². The molecule has 0 saturated heterocycles. The van der Waals surface area contributed by atoms with Crippen LogP contribution in [0.5, 0.6) is 0 Å². The molecular weight excluding hydrogens is 388 g/mol. The van der Waals surface area contributed by atoms with Crippen LogP contribution in [0.4, 0.5) is 11.5 Å². The van der Waals surface area contributed by atoms with E-state index in [1.54, 1.807) is 10.9 Å². The van der Waals surface area contributed by atoms with Gasteiger partial charge in [0.2, 0.25) is 11.8 Å². The summed E-state index contributed by atoms with van der Waals surface area (Å²) in [5, 5.41) is 7.58. The van der Waals surface area contributed by atoms with E-state index in [1.807, 2.05) is 29.2 Å². The van der Waals surface area contributed by atoms with E-state index in [4.69, 9.17) is 0 Å². The fourth-order valence-electron chi connectivity index (χ4n) is 4.83. The number of fused-ring (bicyclic) bond motifs is 4. The topological polar surface area (TPSA) is 67.2 Å². The van der Waals surface area contributed by atoms with Crippen molar-refractivity contribution in [2.45, 2.75) is 39.2 Å². The first-order valence-corrected chi connectivity index (χ1v) is 10.7. The molecule has 1 spiro atoms. The monoisotopic (exact) mass is 414 g/mol. The first-order valence-electron chi connectivity index (χ1n) is 10.7. The number of anilines is 2. The summed E-state index contributed by atoms with van der Waals surface area (Å²) in [6.45, 7) is 7.39. The fourth-order valence-corrected chi connectivity index (χ4v) is 4.83. The summed E-state index contributed by atoms with van der Waals surface area (Å²) in [5.41, 5.74) is 3.83. The number of benzene rings is 2. The maximum Gasteiger partial charge on any atom is 0.242 e. The van der Waals surface area contributed by atoms with E-state index >= 15 is 0 Å². The number of aromatic nitrogens is 2. The SMILES string of the molecule is Cc1ccc(Cn2ncc3c2NC(=O)CC32C(=O)N(CC(C)C)c3ccccc32)cc1. The van der Waals surface area contributed by atoms with Crippen molar-refractivity contribution in [3.8, 4) is 0 Å². The lowest BCUT2D eigenvalue weighted by Gasteiger charge is -2.32. The predicted octanol–water partition coefficient (Wildman–Crippen LogP) is 3.87. The van der Waals surface area contributed by atoms with E-state index in [2.05, 4.69) is 55.5 Å². The van der Waals surface area contributed by atoms with Gasteiger partial charge in [-0.25, -0.2) is 4.68 Å². The van der Waals surface area contributed by atoms with Crippen molar-refractivity contribution in [3.05, 3.63) is 77.0 Å². The summed E-state index contributed by atoms with van der Waals surface area (Å²) in [6, 6.07) is 16.1. The van der Waals surface area contributed by atoms with Gasteiger partial charge < -0.3 is 10.2 Å². The molecule has 31 heavy (non-hydrogen) atoms. The van der Waals surface area contributed by atoms with E-state index in [0.717, 1.165) is 22.4 Å². The van der Waals surface area contributed by atoms with Crippen LogP contribution in [0.3, 0.4) is 0 Å². The number of amides is 2. The number of hydrogen-bond acceptors (Lipinski definition) is 3. The highest BCUT2D eigenvalue weighted by Gasteiger charge is 2.56. The summed E-state index contributed by atoms with van der Waals surface area (Å²) in [4.78, 5) is 28.6. The van der Waals surface area contributed by atoms with Gasteiger partial charge in [0.25, 0.3) is 0 Å². The number of nitrogens with zero attached hydrogens (tertiary/aromatic N) is 3. The molecule has 3 aromatic rings. The van der Waals surface area contributed by atoms with Crippen molar-refractivity contribution in [1.29, 1.82) is 0 Å². The number of carbonyl (C=O) groups excluding carboxylic acids is 2. The molecule has 1 unspecified atom stereocenters. The molecule has 0 fully saturated rings. The van der Waals surface area contributed by atoms with E-state index in [1.165, 1.54) is 5.56 Å². The van der Waals surface area contributed by atoms with Crippen LogP contribution in [0.2, 0.25) is 0 Å². The molecule has 3 heterocycles. The van der Waals surface area contributed by atoms with Gasteiger partial charge in [0.15, 0.2) is 0 Å². The summed E-state index contributed by atoms with van der Waals surface area (Å²) >= 11 is 0. The van der Waals surface area contributed by atoms with Gasteiger partial charge in [0.1, 0.15) is 11.2 Å². The van der Waals surface area contributed by atoms with Gasteiger partial charge in [-0.2, -0.15) is 5.10 Å². The van der Waals surface area contributed by atoms with E-state index in [-0.39, 0.29) is 18.2 Å². The van der Waals surface area contributed by atoms with Crippen LogP contribution in [-0.2, 0) is 21.5 Å². The zero-order chi connectivity index (χ0) is 21.8. The first-order chi connectivity index (χ1) is 14.9. The third kappa shape index (κ3) is 2.97. The molecule has 1 aromatic heterocycles. The van der Waals surface area contributed by atoms with Crippen molar-refractivity contribution in [1.82, 2.24) is 9.78 Å². The zero-order valence-corrected chi connectivity index (χ0v) is 18.1. The number of hydrogen-bond donors (Lipinski definition) is 1. The molecule has 0 aliphatic carbocycles. The van der Waals surface area contributed by atoms with Crippen LogP contribution in [0.25, 0.3) is 0 Å². The molecule has 6 heteroatoms. The van der Waals surface area contributed by atoms with Gasteiger partial charge in [-0.05, 0) is 30.0 Å². The van der Waals surface area contributed by atoms with Crippen molar-refractivity contribution in [2.24, 2.45) is 5.92 Å². The largest absolute Gasteiger partial charge is 0.311 e. The molecule has 2 aliphatic rings. The Bertz CT molecular complexity index is 1180. The van der Waals surface area contributed by atoms with Gasteiger partial charge in [-0.3, -0.25) is 9.59 Å². The van der Waals surface area contributed by atoms with E-state index in [9.17, 15) is 9.59 Å². The van der Waals surface area contributed by atoms with Crippen molar-refractivity contribution < 1.29 is 9.59 Å². The predicted molar refractivity (Wildman–Crippen MR) is 120 cm³/mol. The Morgan fingerprint density at radius 1 is 1.06 bits per heavy atom. The van der Waals surface area contributed by atoms with Crippen molar-refractivity contribution >= 4 is 23.3 Å². The minimum atomic E-state index is -1.02. The van der Waals surface area contributed by atoms with Crippen LogP contribution < -0.4 is 10.2 Å². The molecule has 1 atom stereocenters. The van der Waals surface area contributed by atoms with Crippen LogP contribution >= 0.6 is 0 Å². The highest BCUT2D eigenvalue weighted by atomic mass is 16.2. The van der Waals surface area contributed by atoms with E-state index < -0.39 is 5.41 Å². The summed E-state index contributed by atoms with van der Waals surface area (Å²) in [5.74, 6) is 0.737. The first kappa shape index (κ1) is 19.5. The standard InChI is InChI=1S/C25H26N4O2/c1-16(2)14-28-21-7-5-4-6-19(21)25(24(28)31)12-22(30)27-23-20(25)13-26-29(23)15-18-10-8-17(3)9-11-18/h4-11,13,16H,12,14-15H2,1-3H3,(H,27,30).